The van der Waals surface area contributed by atoms with E-state index in [-0.39, 0.29) is 0 Å². The van der Waals surface area contributed by atoms with E-state index >= 15 is 0 Å². The summed E-state index contributed by atoms with van der Waals surface area (Å²) in [5, 5.41) is 1.53. The Labute approximate surface area is 71.1 Å². The van der Waals surface area contributed by atoms with E-state index in [2.05, 4.69) is 13.8 Å². The summed E-state index contributed by atoms with van der Waals surface area (Å²) < 4.78 is 1.18. The Bertz CT molecular complexity index is 82.7. The van der Waals surface area contributed by atoms with Crippen LogP contribution in [0.2, 0.25) is 10.1 Å². The topological polar surface area (TPSA) is 0 Å². The maximum Gasteiger partial charge on any atom is 0.205 e. The second-order valence-electron chi connectivity index (χ2n) is 3.91. The molecule has 1 radical (unpaired) electrons. The molecule has 0 aromatic carbocycles. The SMILES string of the molecule is CC(C)[CH2][Al][CH]1CCCC1. The van der Waals surface area contributed by atoms with Crippen LogP contribution in [0.1, 0.15) is 39.5 Å². The molecule has 0 saturated heterocycles. The van der Waals surface area contributed by atoms with Gasteiger partial charge in [0, 0.05) is 0 Å². The zero-order valence-electron chi connectivity index (χ0n) is 7.27. The fourth-order valence-corrected chi connectivity index (χ4v) is 3.53. The second kappa shape index (κ2) is 4.42. The van der Waals surface area contributed by atoms with E-state index in [1.165, 1.54) is 22.9 Å². The summed E-state index contributed by atoms with van der Waals surface area (Å²) in [6.45, 7) is 4.70. The average Bonchev–Trinajstić information content (AvgIpc) is 2.34. The van der Waals surface area contributed by atoms with Gasteiger partial charge >= 0.3 is 0 Å². The maximum atomic E-state index is 2.35. The molecule has 1 aliphatic carbocycles. The molecule has 0 atom stereocenters. The van der Waals surface area contributed by atoms with E-state index in [1.54, 1.807) is 12.8 Å². The highest BCUT2D eigenvalue weighted by molar-refractivity contribution is 6.37. The van der Waals surface area contributed by atoms with Crippen molar-refractivity contribution in [1.82, 2.24) is 0 Å². The zero-order chi connectivity index (χ0) is 7.40. The van der Waals surface area contributed by atoms with Crippen molar-refractivity contribution in [3.8, 4) is 0 Å². The molecule has 1 fully saturated rings. The van der Waals surface area contributed by atoms with Crippen molar-refractivity contribution >= 4 is 15.2 Å². The predicted molar refractivity (Wildman–Crippen MR) is 47.6 cm³/mol. The van der Waals surface area contributed by atoms with Crippen LogP contribution in [0.5, 0.6) is 0 Å². The highest BCUT2D eigenvalue weighted by Gasteiger charge is 2.15. The molecule has 1 rings (SSSR count). The van der Waals surface area contributed by atoms with Gasteiger partial charge in [-0.05, 0) is 0 Å². The quantitative estimate of drug-likeness (QED) is 0.546. The van der Waals surface area contributed by atoms with E-state index in [0.29, 0.717) is 0 Å². The van der Waals surface area contributed by atoms with Crippen molar-refractivity contribution in [3.63, 3.8) is 0 Å². The summed E-state index contributed by atoms with van der Waals surface area (Å²) >= 11 is 0.803. The van der Waals surface area contributed by atoms with Gasteiger partial charge in [0.15, 0.2) is 0 Å². The normalized spacial score (nSPS) is 20.3. The van der Waals surface area contributed by atoms with Gasteiger partial charge in [-0.1, -0.05) is 50.2 Å². The lowest BCUT2D eigenvalue weighted by Gasteiger charge is -2.07. The van der Waals surface area contributed by atoms with Gasteiger partial charge in [-0.25, -0.2) is 0 Å². The molecule has 1 aliphatic rings. The van der Waals surface area contributed by atoms with Crippen LogP contribution in [0.15, 0.2) is 0 Å². The first-order valence-corrected chi connectivity index (χ1v) is 6.10. The monoisotopic (exact) mass is 153 g/mol. The Morgan fingerprint density at radius 3 is 2.40 bits per heavy atom. The Balaban J connectivity index is 2.01. The number of rotatable bonds is 3. The van der Waals surface area contributed by atoms with Crippen LogP contribution in [-0.2, 0) is 0 Å². The van der Waals surface area contributed by atoms with Crippen LogP contribution >= 0.6 is 0 Å². The molecule has 0 aromatic heterocycles. The molecule has 0 amide bonds. The van der Waals surface area contributed by atoms with Crippen LogP contribution in [0.4, 0.5) is 0 Å². The largest absolute Gasteiger partial charge is 0.205 e. The molecule has 0 aliphatic heterocycles. The smallest absolute Gasteiger partial charge is 0.101 e. The van der Waals surface area contributed by atoms with Crippen molar-refractivity contribution in [3.05, 3.63) is 0 Å². The van der Waals surface area contributed by atoms with Crippen molar-refractivity contribution in [2.24, 2.45) is 5.92 Å². The molecular formula is C9H18Al. The summed E-state index contributed by atoms with van der Waals surface area (Å²) in [6.07, 6.45) is 6.16. The van der Waals surface area contributed by atoms with E-state index in [0.717, 1.165) is 21.1 Å². The second-order valence-corrected chi connectivity index (χ2v) is 5.80. The maximum absolute atomic E-state index is 2.35. The van der Waals surface area contributed by atoms with Crippen LogP contribution in [0.25, 0.3) is 0 Å². The fourth-order valence-electron chi connectivity index (χ4n) is 1.66. The first kappa shape index (κ1) is 8.63. The standard InChI is InChI=1S/C5H9.C4H9.Al/c1-2-4-5-3-1;1-4(2)3;/h1H,2-5H2;4H,1H2,2-3H3;. The summed E-state index contributed by atoms with van der Waals surface area (Å²) in [4.78, 5) is 0. The van der Waals surface area contributed by atoms with Gasteiger partial charge in [-0.3, -0.25) is 0 Å². The van der Waals surface area contributed by atoms with E-state index in [1.807, 2.05) is 0 Å². The minimum absolute atomic E-state index is 0.803. The van der Waals surface area contributed by atoms with E-state index in [4.69, 9.17) is 0 Å². The molecule has 57 valence electrons. The third-order valence-corrected chi connectivity index (χ3v) is 4.89. The first-order chi connectivity index (χ1) is 4.79. The Hall–Kier alpha value is 0.532. The Kier molecular flexibility index (Phi) is 3.81. The number of hydrogen-bond acceptors (Lipinski definition) is 0. The van der Waals surface area contributed by atoms with Gasteiger partial charge in [-0.2, -0.15) is 0 Å². The molecule has 0 spiro atoms. The summed E-state index contributed by atoms with van der Waals surface area (Å²) in [6, 6.07) is 0. The third kappa shape index (κ3) is 3.08. The zero-order valence-corrected chi connectivity index (χ0v) is 8.42. The van der Waals surface area contributed by atoms with E-state index < -0.39 is 0 Å². The molecule has 10 heavy (non-hydrogen) atoms. The van der Waals surface area contributed by atoms with Gasteiger partial charge in [0.25, 0.3) is 0 Å². The van der Waals surface area contributed by atoms with Gasteiger partial charge in [0.1, 0.15) is 0 Å². The molecule has 0 aromatic rings. The molecule has 0 heterocycles. The minimum atomic E-state index is 0.803. The Morgan fingerprint density at radius 2 is 1.90 bits per heavy atom. The lowest BCUT2D eigenvalue weighted by atomic mass is 10.3. The average molecular weight is 153 g/mol. The predicted octanol–water partition coefficient (Wildman–Crippen LogP) is 3.13. The first-order valence-electron chi connectivity index (χ1n) is 4.62. The highest BCUT2D eigenvalue weighted by Crippen LogP contribution is 2.30. The summed E-state index contributed by atoms with van der Waals surface area (Å²) in [7, 11) is 0. The molecule has 1 saturated carbocycles. The highest BCUT2D eigenvalue weighted by atomic mass is 27.1. The molecule has 0 nitrogen and oxygen atoms in total. The van der Waals surface area contributed by atoms with Gasteiger partial charge < -0.3 is 0 Å². The number of hydrogen-bond donors (Lipinski definition) is 0. The van der Waals surface area contributed by atoms with E-state index in [9.17, 15) is 0 Å². The lowest BCUT2D eigenvalue weighted by Crippen LogP contribution is -2.01. The summed E-state index contributed by atoms with van der Waals surface area (Å²) in [5.41, 5.74) is 0. The molecule has 0 unspecified atom stereocenters. The van der Waals surface area contributed by atoms with Gasteiger partial charge in [0.05, 0.1) is 0 Å². The summed E-state index contributed by atoms with van der Waals surface area (Å²) in [5.74, 6) is 0.954. The third-order valence-electron chi connectivity index (χ3n) is 2.34. The van der Waals surface area contributed by atoms with Crippen LogP contribution in [0.3, 0.4) is 0 Å². The molecule has 0 bridgehead atoms. The van der Waals surface area contributed by atoms with Crippen molar-refractivity contribution in [2.75, 3.05) is 0 Å². The van der Waals surface area contributed by atoms with Crippen LogP contribution < -0.4 is 0 Å². The molecular weight excluding hydrogens is 135 g/mol. The van der Waals surface area contributed by atoms with Crippen molar-refractivity contribution in [1.29, 1.82) is 0 Å². The minimum Gasteiger partial charge on any atom is -0.101 e. The Morgan fingerprint density at radius 1 is 1.30 bits per heavy atom. The van der Waals surface area contributed by atoms with Crippen molar-refractivity contribution < 1.29 is 0 Å². The van der Waals surface area contributed by atoms with Crippen LogP contribution in [0, 0.1) is 5.92 Å². The fraction of sp³-hybridized carbons (Fsp3) is 1.00. The van der Waals surface area contributed by atoms with Crippen molar-refractivity contribution in [2.45, 2.75) is 49.6 Å². The van der Waals surface area contributed by atoms with Gasteiger partial charge in [-0.15, -0.1) is 5.28 Å². The lowest BCUT2D eigenvalue weighted by molar-refractivity contribution is 0.717. The molecule has 0 N–H and O–H groups in total. The van der Waals surface area contributed by atoms with Crippen LogP contribution in [-0.4, -0.2) is 15.2 Å². The molecule has 1 heteroatoms. The van der Waals surface area contributed by atoms with Gasteiger partial charge in [0.2, 0.25) is 15.2 Å².